The minimum absolute atomic E-state index is 0.0958. The second kappa shape index (κ2) is 4.86. The first-order valence-corrected chi connectivity index (χ1v) is 7.46. The van der Waals surface area contributed by atoms with Crippen molar-refractivity contribution in [1.82, 2.24) is 0 Å². The van der Waals surface area contributed by atoms with Gasteiger partial charge in [0.05, 0.1) is 5.38 Å². The molecule has 0 radical (unpaired) electrons. The molecule has 0 amide bonds. The van der Waals surface area contributed by atoms with Crippen LogP contribution in [0.4, 0.5) is 0 Å². The second-order valence-electron chi connectivity index (χ2n) is 4.60. The molecular weight excluding hydrogens is 322 g/mol. The summed E-state index contributed by atoms with van der Waals surface area (Å²) < 4.78 is -1.50. The smallest absolute Gasteiger partial charge is 0.117 e. The third-order valence-electron chi connectivity index (χ3n) is 3.49. The second-order valence-corrected chi connectivity index (χ2v) is 7.43. The van der Waals surface area contributed by atoms with Crippen LogP contribution in [0, 0.1) is 0 Å². The number of hydrogen-bond acceptors (Lipinski definition) is 0. The third-order valence-corrected chi connectivity index (χ3v) is 5.11. The predicted octanol–water partition coefficient (Wildman–Crippen LogP) is 5.78. The van der Waals surface area contributed by atoms with Crippen LogP contribution in [0.1, 0.15) is 17.0 Å². The van der Waals surface area contributed by atoms with E-state index in [9.17, 15) is 0 Å². The molecule has 0 saturated carbocycles. The van der Waals surface area contributed by atoms with Crippen LogP contribution < -0.4 is 0 Å². The van der Waals surface area contributed by atoms with E-state index in [2.05, 4.69) is 12.1 Å². The van der Waals surface area contributed by atoms with Crippen LogP contribution in [-0.2, 0) is 0 Å². The molecule has 0 bridgehead atoms. The maximum absolute atomic E-state index is 6.42. The average molecular weight is 332 g/mol. The molecule has 2 aromatic carbocycles. The van der Waals surface area contributed by atoms with Crippen LogP contribution >= 0.6 is 46.4 Å². The zero-order valence-electron chi connectivity index (χ0n) is 9.79. The first kappa shape index (κ1) is 13.6. The van der Waals surface area contributed by atoms with E-state index in [1.165, 1.54) is 11.1 Å². The summed E-state index contributed by atoms with van der Waals surface area (Å²) in [7, 11) is 0. The molecule has 0 nitrogen and oxygen atoms in total. The van der Waals surface area contributed by atoms with Crippen LogP contribution in [0.5, 0.6) is 0 Å². The Morgan fingerprint density at radius 3 is 1.63 bits per heavy atom. The fourth-order valence-electron chi connectivity index (χ4n) is 2.70. The Bertz CT molecular complexity index is 570. The zero-order valence-corrected chi connectivity index (χ0v) is 12.8. The van der Waals surface area contributed by atoms with E-state index in [1.54, 1.807) is 0 Å². The van der Waals surface area contributed by atoms with Gasteiger partial charge in [-0.05, 0) is 22.3 Å². The number of benzene rings is 2. The van der Waals surface area contributed by atoms with Crippen molar-refractivity contribution in [3.8, 4) is 11.1 Å². The molecule has 0 spiro atoms. The lowest BCUT2D eigenvalue weighted by Crippen LogP contribution is -2.26. The van der Waals surface area contributed by atoms with Gasteiger partial charge < -0.3 is 0 Å². The topological polar surface area (TPSA) is 0 Å². The SMILES string of the molecule is ClC(C1c2ccccc2-c2ccccc21)C(Cl)(Cl)Cl. The molecule has 1 unspecified atom stereocenters. The van der Waals surface area contributed by atoms with Crippen molar-refractivity contribution in [2.24, 2.45) is 0 Å². The Morgan fingerprint density at radius 2 is 1.21 bits per heavy atom. The van der Waals surface area contributed by atoms with E-state index in [0.29, 0.717) is 0 Å². The van der Waals surface area contributed by atoms with E-state index in [-0.39, 0.29) is 5.92 Å². The van der Waals surface area contributed by atoms with Crippen LogP contribution in [0.2, 0.25) is 0 Å². The molecular formula is C15H10Cl4. The molecule has 1 aliphatic carbocycles. The van der Waals surface area contributed by atoms with E-state index in [1.807, 2.05) is 36.4 Å². The van der Waals surface area contributed by atoms with Crippen molar-refractivity contribution in [1.29, 1.82) is 0 Å². The molecule has 1 atom stereocenters. The van der Waals surface area contributed by atoms with Gasteiger partial charge in [-0.2, -0.15) is 0 Å². The fraction of sp³-hybridized carbons (Fsp3) is 0.200. The standard InChI is InChI=1S/C15H10Cl4/c16-14(15(17,18)19)13-11-7-3-1-5-9(11)10-6-2-4-8-12(10)13/h1-8,13-14H. The summed E-state index contributed by atoms with van der Waals surface area (Å²) in [5.74, 6) is -0.0958. The van der Waals surface area contributed by atoms with Crippen molar-refractivity contribution in [3.63, 3.8) is 0 Å². The summed E-state index contributed by atoms with van der Waals surface area (Å²) in [5, 5.41) is -0.609. The summed E-state index contributed by atoms with van der Waals surface area (Å²) in [5.41, 5.74) is 4.58. The van der Waals surface area contributed by atoms with Gasteiger partial charge in [0.15, 0.2) is 0 Å². The predicted molar refractivity (Wildman–Crippen MR) is 83.7 cm³/mol. The lowest BCUT2D eigenvalue weighted by atomic mass is 9.94. The van der Waals surface area contributed by atoms with Crippen LogP contribution in [0.15, 0.2) is 48.5 Å². The minimum atomic E-state index is -1.50. The zero-order chi connectivity index (χ0) is 13.6. The molecule has 4 heteroatoms. The lowest BCUT2D eigenvalue weighted by Gasteiger charge is -2.25. The van der Waals surface area contributed by atoms with Crippen LogP contribution in [0.3, 0.4) is 0 Å². The van der Waals surface area contributed by atoms with Gasteiger partial charge in [-0.1, -0.05) is 83.3 Å². The highest BCUT2D eigenvalue weighted by Crippen LogP contribution is 2.52. The largest absolute Gasteiger partial charge is 0.207 e. The van der Waals surface area contributed by atoms with Crippen molar-refractivity contribution in [2.75, 3.05) is 0 Å². The maximum atomic E-state index is 6.42. The van der Waals surface area contributed by atoms with Crippen molar-refractivity contribution in [2.45, 2.75) is 15.1 Å². The van der Waals surface area contributed by atoms with Crippen molar-refractivity contribution in [3.05, 3.63) is 59.7 Å². The quantitative estimate of drug-likeness (QED) is 0.581. The lowest BCUT2D eigenvalue weighted by molar-refractivity contribution is 0.759. The van der Waals surface area contributed by atoms with Gasteiger partial charge in [-0.3, -0.25) is 0 Å². The summed E-state index contributed by atoms with van der Waals surface area (Å²) in [4.78, 5) is 0. The highest BCUT2D eigenvalue weighted by Gasteiger charge is 2.42. The van der Waals surface area contributed by atoms with E-state index in [4.69, 9.17) is 46.4 Å². The maximum Gasteiger partial charge on any atom is 0.207 e. The summed E-state index contributed by atoms with van der Waals surface area (Å²) >= 11 is 24.4. The first-order valence-electron chi connectivity index (χ1n) is 5.89. The number of alkyl halides is 4. The Labute approximate surface area is 132 Å². The number of fused-ring (bicyclic) bond motifs is 3. The molecule has 0 N–H and O–H groups in total. The van der Waals surface area contributed by atoms with Gasteiger partial charge in [0, 0.05) is 5.92 Å². The molecule has 1 aliphatic rings. The summed E-state index contributed by atoms with van der Waals surface area (Å²) in [6.07, 6.45) is 0. The molecule has 98 valence electrons. The Balaban J connectivity index is 2.20. The Hall–Kier alpha value is -0.400. The highest BCUT2D eigenvalue weighted by atomic mass is 35.6. The summed E-state index contributed by atoms with van der Waals surface area (Å²) in [6.45, 7) is 0. The van der Waals surface area contributed by atoms with Crippen LogP contribution in [-0.4, -0.2) is 9.17 Å². The monoisotopic (exact) mass is 330 g/mol. The van der Waals surface area contributed by atoms with Gasteiger partial charge >= 0.3 is 0 Å². The van der Waals surface area contributed by atoms with Gasteiger partial charge in [-0.25, -0.2) is 0 Å². The minimum Gasteiger partial charge on any atom is -0.117 e. The van der Waals surface area contributed by atoms with E-state index >= 15 is 0 Å². The molecule has 0 aromatic heterocycles. The van der Waals surface area contributed by atoms with E-state index in [0.717, 1.165) is 11.1 Å². The van der Waals surface area contributed by atoms with Gasteiger partial charge in [0.1, 0.15) is 0 Å². The number of rotatable bonds is 1. The van der Waals surface area contributed by atoms with Crippen molar-refractivity contribution >= 4 is 46.4 Å². The Kier molecular flexibility index (Phi) is 3.47. The van der Waals surface area contributed by atoms with Gasteiger partial charge in [0.25, 0.3) is 0 Å². The Morgan fingerprint density at radius 1 is 0.789 bits per heavy atom. The number of halogens is 4. The molecule has 3 rings (SSSR count). The van der Waals surface area contributed by atoms with Gasteiger partial charge in [-0.15, -0.1) is 11.6 Å². The van der Waals surface area contributed by atoms with Gasteiger partial charge in [0.2, 0.25) is 3.79 Å². The van der Waals surface area contributed by atoms with Crippen LogP contribution in [0.25, 0.3) is 11.1 Å². The summed E-state index contributed by atoms with van der Waals surface area (Å²) in [6, 6.07) is 16.2. The molecule has 0 saturated heterocycles. The van der Waals surface area contributed by atoms with E-state index < -0.39 is 9.17 Å². The molecule has 0 aliphatic heterocycles. The molecule has 0 fully saturated rings. The highest BCUT2D eigenvalue weighted by molar-refractivity contribution is 6.70. The molecule has 19 heavy (non-hydrogen) atoms. The first-order chi connectivity index (χ1) is 9.00. The number of hydrogen-bond donors (Lipinski definition) is 0. The van der Waals surface area contributed by atoms with Crippen molar-refractivity contribution < 1.29 is 0 Å². The third kappa shape index (κ3) is 2.25. The molecule has 2 aromatic rings. The average Bonchev–Trinajstić information content (AvgIpc) is 2.71. The molecule has 0 heterocycles. The fourth-order valence-corrected chi connectivity index (χ4v) is 3.35. The normalized spacial score (nSPS) is 16.0.